The number of methoxy groups -OCH3 is 1. The van der Waals surface area contributed by atoms with E-state index in [0.29, 0.717) is 24.3 Å². The maximum atomic E-state index is 12.8. The molecule has 0 bridgehead atoms. The van der Waals surface area contributed by atoms with Gasteiger partial charge in [0, 0.05) is 31.3 Å². The predicted molar refractivity (Wildman–Crippen MR) is 92.7 cm³/mol. The van der Waals surface area contributed by atoms with Crippen LogP contribution in [-0.4, -0.2) is 42.9 Å². The number of unbranched alkanes of at least 4 members (excludes halogenated alkanes) is 1. The number of nitrogens with one attached hydrogen (secondary N) is 1. The van der Waals surface area contributed by atoms with E-state index in [-0.39, 0.29) is 17.8 Å². The van der Waals surface area contributed by atoms with Crippen LogP contribution in [0.5, 0.6) is 0 Å². The maximum absolute atomic E-state index is 12.8. The average Bonchev–Trinajstić information content (AvgIpc) is 2.56. The molecule has 0 saturated carbocycles. The van der Waals surface area contributed by atoms with Gasteiger partial charge >= 0.3 is 5.97 Å². The zero-order chi connectivity index (χ0) is 18.1. The highest BCUT2D eigenvalue weighted by Crippen LogP contribution is 2.15. The summed E-state index contributed by atoms with van der Waals surface area (Å²) in [5.74, 6) is -1.08. The number of nitrogens with zero attached hydrogens (tertiary/aromatic N) is 1. The number of carbonyl (C=O) groups excluding carboxylic acids is 3. The van der Waals surface area contributed by atoms with Crippen LogP contribution in [0.2, 0.25) is 0 Å². The molecule has 1 atom stereocenters. The summed E-state index contributed by atoms with van der Waals surface area (Å²) in [5.41, 5.74) is 1.05. The fraction of sp³-hybridized carbons (Fsp3) is 0.500. The van der Waals surface area contributed by atoms with Gasteiger partial charge in [-0.15, -0.1) is 0 Å². The zero-order valence-corrected chi connectivity index (χ0v) is 14.8. The third-order valence-corrected chi connectivity index (χ3v) is 3.60. The summed E-state index contributed by atoms with van der Waals surface area (Å²) in [6, 6.07) is 6.80. The van der Waals surface area contributed by atoms with Crippen LogP contribution in [0.3, 0.4) is 0 Å². The van der Waals surface area contributed by atoms with Crippen molar-refractivity contribution < 1.29 is 19.1 Å². The summed E-state index contributed by atoms with van der Waals surface area (Å²) in [7, 11) is 1.34. The molecule has 1 unspecified atom stereocenters. The molecule has 0 saturated heterocycles. The van der Waals surface area contributed by atoms with Crippen LogP contribution in [0.25, 0.3) is 0 Å². The number of esters is 1. The molecule has 0 aliphatic heterocycles. The molecule has 6 nitrogen and oxygen atoms in total. The minimum atomic E-state index is -0.394. The fourth-order valence-corrected chi connectivity index (χ4v) is 2.35. The second-order valence-corrected chi connectivity index (χ2v) is 5.79. The topological polar surface area (TPSA) is 75.7 Å². The van der Waals surface area contributed by atoms with E-state index < -0.39 is 5.92 Å². The van der Waals surface area contributed by atoms with Gasteiger partial charge in [0.25, 0.3) is 5.91 Å². The lowest BCUT2D eigenvalue weighted by Gasteiger charge is -2.25. The number of hydrogen-bond acceptors (Lipinski definition) is 4. The molecule has 0 aromatic heterocycles. The monoisotopic (exact) mass is 334 g/mol. The fourth-order valence-electron chi connectivity index (χ4n) is 2.35. The molecular weight excluding hydrogens is 308 g/mol. The molecule has 6 heteroatoms. The average molecular weight is 334 g/mol. The number of carbonyl (C=O) groups is 3. The Balaban J connectivity index is 2.94. The molecule has 0 aliphatic carbocycles. The second kappa shape index (κ2) is 9.70. The lowest BCUT2D eigenvalue weighted by molar-refractivity contribution is -0.145. The van der Waals surface area contributed by atoms with Crippen molar-refractivity contribution in [2.45, 2.75) is 33.6 Å². The highest BCUT2D eigenvalue weighted by molar-refractivity contribution is 5.97. The van der Waals surface area contributed by atoms with Gasteiger partial charge < -0.3 is 15.0 Å². The first-order chi connectivity index (χ1) is 11.4. The molecule has 0 radical (unpaired) electrons. The lowest BCUT2D eigenvalue weighted by Crippen LogP contribution is -2.38. The highest BCUT2D eigenvalue weighted by Gasteiger charge is 2.22. The number of anilines is 1. The van der Waals surface area contributed by atoms with Crippen molar-refractivity contribution in [1.29, 1.82) is 0 Å². The van der Waals surface area contributed by atoms with E-state index in [1.807, 2.05) is 6.92 Å². The molecule has 1 aromatic rings. The summed E-state index contributed by atoms with van der Waals surface area (Å²) in [6.45, 7) is 6.08. The number of benzene rings is 1. The van der Waals surface area contributed by atoms with E-state index in [4.69, 9.17) is 4.74 Å². The molecule has 0 fully saturated rings. The summed E-state index contributed by atoms with van der Waals surface area (Å²) >= 11 is 0. The molecular formula is C18H26N2O4. The Labute approximate surface area is 143 Å². The third-order valence-electron chi connectivity index (χ3n) is 3.60. The van der Waals surface area contributed by atoms with Crippen LogP contribution in [0.4, 0.5) is 5.69 Å². The van der Waals surface area contributed by atoms with Crippen LogP contribution in [0.1, 0.15) is 44.0 Å². The van der Waals surface area contributed by atoms with Gasteiger partial charge in [-0.3, -0.25) is 14.4 Å². The number of hydrogen-bond donors (Lipinski definition) is 1. The van der Waals surface area contributed by atoms with Gasteiger partial charge in [0.1, 0.15) is 0 Å². The van der Waals surface area contributed by atoms with E-state index >= 15 is 0 Å². The van der Waals surface area contributed by atoms with Gasteiger partial charge in [-0.25, -0.2) is 0 Å². The van der Waals surface area contributed by atoms with E-state index in [1.165, 1.54) is 14.0 Å². The summed E-state index contributed by atoms with van der Waals surface area (Å²) < 4.78 is 4.74. The van der Waals surface area contributed by atoms with Crippen molar-refractivity contribution in [1.82, 2.24) is 4.90 Å². The van der Waals surface area contributed by atoms with E-state index in [2.05, 4.69) is 5.32 Å². The first kappa shape index (κ1) is 19.7. The minimum absolute atomic E-state index is 0.161. The molecule has 0 aliphatic rings. The highest BCUT2D eigenvalue weighted by atomic mass is 16.5. The largest absolute Gasteiger partial charge is 0.469 e. The Hall–Kier alpha value is -2.37. The van der Waals surface area contributed by atoms with Crippen LogP contribution in [0, 0.1) is 5.92 Å². The molecule has 24 heavy (non-hydrogen) atoms. The molecule has 0 heterocycles. The number of ether oxygens (including phenoxy) is 1. The Morgan fingerprint density at radius 2 is 2.00 bits per heavy atom. The van der Waals surface area contributed by atoms with Gasteiger partial charge in [0.05, 0.1) is 13.0 Å². The van der Waals surface area contributed by atoms with Crippen molar-refractivity contribution in [2.24, 2.45) is 5.92 Å². The molecule has 1 rings (SSSR count). The normalized spacial score (nSPS) is 11.5. The SMILES string of the molecule is CCCCN(CC(C)C(=O)OC)C(=O)c1cccc(NC(C)=O)c1. The quantitative estimate of drug-likeness (QED) is 0.742. The van der Waals surface area contributed by atoms with E-state index in [9.17, 15) is 14.4 Å². The minimum Gasteiger partial charge on any atom is -0.469 e. The van der Waals surface area contributed by atoms with Crippen LogP contribution >= 0.6 is 0 Å². The van der Waals surface area contributed by atoms with Crippen molar-refractivity contribution in [3.05, 3.63) is 29.8 Å². The smallest absolute Gasteiger partial charge is 0.310 e. The number of amides is 2. The molecule has 1 N–H and O–H groups in total. The van der Waals surface area contributed by atoms with Crippen LogP contribution in [-0.2, 0) is 14.3 Å². The summed E-state index contributed by atoms with van der Waals surface area (Å²) in [5, 5.41) is 2.67. The van der Waals surface area contributed by atoms with Crippen molar-refractivity contribution in [3.63, 3.8) is 0 Å². The molecule has 1 aromatic carbocycles. The van der Waals surface area contributed by atoms with E-state index in [1.54, 1.807) is 36.1 Å². The molecule has 2 amide bonds. The maximum Gasteiger partial charge on any atom is 0.310 e. The zero-order valence-electron chi connectivity index (χ0n) is 14.8. The Kier molecular flexibility index (Phi) is 7.95. The molecule has 132 valence electrons. The lowest BCUT2D eigenvalue weighted by atomic mass is 10.1. The molecule has 0 spiro atoms. The van der Waals surface area contributed by atoms with Crippen LogP contribution in [0.15, 0.2) is 24.3 Å². The first-order valence-corrected chi connectivity index (χ1v) is 8.13. The Morgan fingerprint density at radius 1 is 1.29 bits per heavy atom. The third kappa shape index (κ3) is 6.02. The predicted octanol–water partition coefficient (Wildman–Crippen LogP) is 2.70. The van der Waals surface area contributed by atoms with Gasteiger partial charge in [0.2, 0.25) is 5.91 Å². The van der Waals surface area contributed by atoms with Gasteiger partial charge in [-0.1, -0.05) is 26.3 Å². The Bertz CT molecular complexity index is 586. The number of rotatable bonds is 8. The first-order valence-electron chi connectivity index (χ1n) is 8.13. The van der Waals surface area contributed by atoms with Crippen LogP contribution < -0.4 is 5.32 Å². The summed E-state index contributed by atoms with van der Waals surface area (Å²) in [4.78, 5) is 37.3. The summed E-state index contributed by atoms with van der Waals surface area (Å²) in [6.07, 6.45) is 1.80. The van der Waals surface area contributed by atoms with E-state index in [0.717, 1.165) is 12.8 Å². The van der Waals surface area contributed by atoms with Gasteiger partial charge in [0.15, 0.2) is 0 Å². The van der Waals surface area contributed by atoms with Crippen molar-refractivity contribution >= 4 is 23.5 Å². The van der Waals surface area contributed by atoms with Crippen molar-refractivity contribution in [3.8, 4) is 0 Å². The second-order valence-electron chi connectivity index (χ2n) is 5.79. The van der Waals surface area contributed by atoms with Gasteiger partial charge in [-0.2, -0.15) is 0 Å². The standard InChI is InChI=1S/C18H26N2O4/c1-5-6-10-20(12-13(2)18(23)24-4)17(22)15-8-7-9-16(11-15)19-14(3)21/h7-9,11,13H,5-6,10,12H2,1-4H3,(H,19,21). The van der Waals surface area contributed by atoms with Gasteiger partial charge in [-0.05, 0) is 24.6 Å². The van der Waals surface area contributed by atoms with Crippen molar-refractivity contribution in [2.75, 3.05) is 25.5 Å². The Morgan fingerprint density at radius 3 is 2.58 bits per heavy atom.